The van der Waals surface area contributed by atoms with E-state index in [1.165, 1.54) is 0 Å². The van der Waals surface area contributed by atoms with E-state index in [1.807, 2.05) is 36.4 Å². The number of nitrogens with one attached hydrogen (secondary N) is 3. The number of fused-ring (bicyclic) bond motifs is 2. The van der Waals surface area contributed by atoms with Gasteiger partial charge in [0.2, 0.25) is 0 Å². The van der Waals surface area contributed by atoms with Crippen LogP contribution in [0.4, 0.5) is 11.4 Å². The fraction of sp³-hybridized carbons (Fsp3) is 0.227. The van der Waals surface area contributed by atoms with Crippen LogP contribution in [0.1, 0.15) is 36.3 Å². The molecule has 1 aromatic carbocycles. The highest BCUT2D eigenvalue weighted by atomic mass is 16.1. The van der Waals surface area contributed by atoms with Crippen molar-refractivity contribution in [1.82, 2.24) is 20.2 Å². The normalized spacial score (nSPS) is 15.6. The minimum absolute atomic E-state index is 0.0561. The Bertz CT molecular complexity index is 1190. The third-order valence-corrected chi connectivity index (χ3v) is 5.32. The van der Waals surface area contributed by atoms with E-state index in [2.05, 4.69) is 39.3 Å². The summed E-state index contributed by atoms with van der Waals surface area (Å²) in [6, 6.07) is 11.9. The number of aromatic amines is 2. The molecule has 0 atom stereocenters. The third-order valence-electron chi connectivity index (χ3n) is 5.32. The maximum atomic E-state index is 13.1. The van der Waals surface area contributed by atoms with Crippen LogP contribution in [0, 0.1) is 5.41 Å². The van der Waals surface area contributed by atoms with Gasteiger partial charge in [0.15, 0.2) is 11.4 Å². The second-order valence-corrected chi connectivity index (χ2v) is 8.15. The van der Waals surface area contributed by atoms with E-state index in [4.69, 9.17) is 0 Å². The predicted octanol–water partition coefficient (Wildman–Crippen LogP) is 4.85. The summed E-state index contributed by atoms with van der Waals surface area (Å²) in [6.07, 6.45) is 4.90. The Kier molecular flexibility index (Phi) is 3.62. The Morgan fingerprint density at radius 1 is 1.11 bits per heavy atom. The van der Waals surface area contributed by atoms with Gasteiger partial charge in [0.05, 0.1) is 23.1 Å². The average molecular weight is 371 g/mol. The number of anilines is 2. The molecule has 140 valence electrons. The quantitative estimate of drug-likeness (QED) is 0.480. The van der Waals surface area contributed by atoms with Crippen LogP contribution in [0.5, 0.6) is 0 Å². The zero-order valence-electron chi connectivity index (χ0n) is 15.8. The SMILES string of the molecule is CC1(C)CC(=O)c2c([nH]c(-c3ccnc4[nH]ncc34)c2Nc2ccccc2)C1. The van der Waals surface area contributed by atoms with Crippen molar-refractivity contribution < 1.29 is 4.79 Å². The zero-order chi connectivity index (χ0) is 19.3. The molecule has 0 amide bonds. The molecule has 0 saturated heterocycles. The highest BCUT2D eigenvalue weighted by Crippen LogP contribution is 2.44. The van der Waals surface area contributed by atoms with Crippen LogP contribution < -0.4 is 5.32 Å². The van der Waals surface area contributed by atoms with Crippen LogP contribution >= 0.6 is 0 Å². The van der Waals surface area contributed by atoms with Gasteiger partial charge in [-0.25, -0.2) is 4.98 Å². The second kappa shape index (κ2) is 6.05. The largest absolute Gasteiger partial charge is 0.356 e. The molecule has 0 radical (unpaired) electrons. The summed E-state index contributed by atoms with van der Waals surface area (Å²) in [5, 5.41) is 11.5. The minimum atomic E-state index is -0.0561. The molecule has 1 aliphatic rings. The number of ketones is 1. The Labute approximate surface area is 162 Å². The van der Waals surface area contributed by atoms with Crippen molar-refractivity contribution in [3.05, 3.63) is 60.0 Å². The number of nitrogens with zero attached hydrogens (tertiary/aromatic N) is 2. The second-order valence-electron chi connectivity index (χ2n) is 8.15. The van der Waals surface area contributed by atoms with Crippen LogP contribution in [0.3, 0.4) is 0 Å². The number of H-pyrrole nitrogens is 2. The molecule has 6 nitrogen and oxygen atoms in total. The third kappa shape index (κ3) is 2.69. The molecule has 0 fully saturated rings. The molecular formula is C22H21N5O. The van der Waals surface area contributed by atoms with Crippen LogP contribution in [0.15, 0.2) is 48.8 Å². The van der Waals surface area contributed by atoms with E-state index < -0.39 is 0 Å². The number of rotatable bonds is 3. The molecular weight excluding hydrogens is 350 g/mol. The summed E-state index contributed by atoms with van der Waals surface area (Å²) in [6.45, 7) is 4.28. The molecule has 6 heteroatoms. The van der Waals surface area contributed by atoms with Crippen molar-refractivity contribution in [3.63, 3.8) is 0 Å². The molecule has 3 N–H and O–H groups in total. The fourth-order valence-corrected chi connectivity index (χ4v) is 4.12. The van der Waals surface area contributed by atoms with Crippen LogP contribution in [0.25, 0.3) is 22.3 Å². The molecule has 3 heterocycles. The van der Waals surface area contributed by atoms with Gasteiger partial charge in [0, 0.05) is 34.9 Å². The van der Waals surface area contributed by atoms with E-state index in [0.29, 0.717) is 6.42 Å². The first-order valence-electron chi connectivity index (χ1n) is 9.40. The van der Waals surface area contributed by atoms with E-state index in [-0.39, 0.29) is 11.2 Å². The Morgan fingerprint density at radius 2 is 1.93 bits per heavy atom. The number of aromatic nitrogens is 4. The van der Waals surface area contributed by atoms with Gasteiger partial charge in [-0.1, -0.05) is 32.0 Å². The van der Waals surface area contributed by atoms with Gasteiger partial charge in [-0.3, -0.25) is 9.89 Å². The summed E-state index contributed by atoms with van der Waals surface area (Å²) >= 11 is 0. The number of hydrogen-bond donors (Lipinski definition) is 3. The lowest BCUT2D eigenvalue weighted by Gasteiger charge is -2.28. The maximum Gasteiger partial charge on any atom is 0.167 e. The van der Waals surface area contributed by atoms with Crippen molar-refractivity contribution in [3.8, 4) is 11.3 Å². The van der Waals surface area contributed by atoms with Gasteiger partial charge < -0.3 is 10.3 Å². The Morgan fingerprint density at radius 3 is 2.75 bits per heavy atom. The fourth-order valence-electron chi connectivity index (χ4n) is 4.12. The van der Waals surface area contributed by atoms with Crippen molar-refractivity contribution in [2.75, 3.05) is 5.32 Å². The van der Waals surface area contributed by atoms with Gasteiger partial charge in [-0.05, 0) is 30.0 Å². The number of pyridine rings is 1. The maximum absolute atomic E-state index is 13.1. The van der Waals surface area contributed by atoms with Crippen molar-refractivity contribution in [2.45, 2.75) is 26.7 Å². The summed E-state index contributed by atoms with van der Waals surface area (Å²) in [5.41, 5.74) is 6.07. The van der Waals surface area contributed by atoms with E-state index in [0.717, 1.165) is 51.3 Å². The predicted molar refractivity (Wildman–Crippen MR) is 110 cm³/mol. The summed E-state index contributed by atoms with van der Waals surface area (Å²) in [7, 11) is 0. The molecule has 3 aromatic heterocycles. The Balaban J connectivity index is 1.75. The summed E-state index contributed by atoms with van der Waals surface area (Å²) in [5.74, 6) is 0.171. The first-order chi connectivity index (χ1) is 13.5. The van der Waals surface area contributed by atoms with Gasteiger partial charge in [0.1, 0.15) is 0 Å². The van der Waals surface area contributed by atoms with Crippen molar-refractivity contribution in [1.29, 1.82) is 0 Å². The molecule has 1 aliphatic carbocycles. The molecule has 0 unspecified atom stereocenters. The van der Waals surface area contributed by atoms with Gasteiger partial charge >= 0.3 is 0 Å². The smallest absolute Gasteiger partial charge is 0.167 e. The first-order valence-corrected chi connectivity index (χ1v) is 9.40. The van der Waals surface area contributed by atoms with Crippen molar-refractivity contribution >= 4 is 28.2 Å². The average Bonchev–Trinajstić information content (AvgIpc) is 3.26. The van der Waals surface area contributed by atoms with E-state index in [1.54, 1.807) is 12.4 Å². The number of carbonyl (C=O) groups excluding carboxylic acids is 1. The van der Waals surface area contributed by atoms with Gasteiger partial charge in [-0.15, -0.1) is 0 Å². The minimum Gasteiger partial charge on any atom is -0.356 e. The molecule has 0 bridgehead atoms. The van der Waals surface area contributed by atoms with Crippen molar-refractivity contribution in [2.24, 2.45) is 5.41 Å². The summed E-state index contributed by atoms with van der Waals surface area (Å²) < 4.78 is 0. The number of carbonyl (C=O) groups is 1. The molecule has 0 aliphatic heterocycles. The lowest BCUT2D eigenvalue weighted by Crippen LogP contribution is -2.26. The summed E-state index contributed by atoms with van der Waals surface area (Å²) in [4.78, 5) is 21.0. The number of Topliss-reactive ketones (excluding diaryl/α,β-unsaturated/α-hetero) is 1. The molecule has 0 saturated carbocycles. The molecule has 28 heavy (non-hydrogen) atoms. The van der Waals surface area contributed by atoms with E-state index in [9.17, 15) is 4.79 Å². The zero-order valence-corrected chi connectivity index (χ0v) is 15.8. The van der Waals surface area contributed by atoms with Crippen LogP contribution in [-0.4, -0.2) is 25.9 Å². The topological polar surface area (TPSA) is 86.5 Å². The van der Waals surface area contributed by atoms with E-state index >= 15 is 0 Å². The lowest BCUT2D eigenvalue weighted by atomic mass is 9.76. The molecule has 0 spiro atoms. The van der Waals surface area contributed by atoms with Crippen LogP contribution in [0.2, 0.25) is 0 Å². The first kappa shape index (κ1) is 16.7. The highest BCUT2D eigenvalue weighted by molar-refractivity contribution is 6.09. The lowest BCUT2D eigenvalue weighted by molar-refractivity contribution is 0.0912. The molecule has 5 rings (SSSR count). The monoisotopic (exact) mass is 371 g/mol. The van der Waals surface area contributed by atoms with Crippen LogP contribution in [-0.2, 0) is 6.42 Å². The highest BCUT2D eigenvalue weighted by Gasteiger charge is 2.36. The molecule has 4 aromatic rings. The number of benzene rings is 1. The van der Waals surface area contributed by atoms with Gasteiger partial charge in [-0.2, -0.15) is 5.10 Å². The Hall–Kier alpha value is -3.41. The standard InChI is InChI=1S/C22H21N5O/c1-22(2)10-16-18(17(28)11-22)20(25-13-6-4-3-5-7-13)19(26-16)14-8-9-23-21-15(14)12-24-27-21/h3-9,12,25-26H,10-11H2,1-2H3,(H,23,24,27). The van der Waals surface area contributed by atoms with Gasteiger partial charge in [0.25, 0.3) is 0 Å². The number of para-hydroxylation sites is 1. The number of hydrogen-bond acceptors (Lipinski definition) is 4.